The highest BCUT2D eigenvalue weighted by atomic mass is 16.6. The van der Waals surface area contributed by atoms with Crippen LogP contribution in [-0.2, 0) is 36.6 Å². The third kappa shape index (κ3) is 8.44. The summed E-state index contributed by atoms with van der Waals surface area (Å²) in [5.41, 5.74) is 4.72. The van der Waals surface area contributed by atoms with E-state index in [0.717, 1.165) is 27.7 Å². The number of carbonyl (C=O) groups excluding carboxylic acids is 2. The van der Waals surface area contributed by atoms with Crippen molar-refractivity contribution in [3.63, 3.8) is 0 Å². The number of esters is 1. The van der Waals surface area contributed by atoms with Crippen molar-refractivity contribution in [2.24, 2.45) is 0 Å². The molecule has 2 unspecified atom stereocenters. The molecule has 1 N–H and O–H groups in total. The molecule has 4 aromatic rings. The maximum Gasteiger partial charge on any atom is 0.494 e. The van der Waals surface area contributed by atoms with Gasteiger partial charge < -0.3 is 24.1 Å². The maximum atomic E-state index is 13.0. The third-order valence-corrected chi connectivity index (χ3v) is 7.17. The Labute approximate surface area is 252 Å². The fourth-order valence-electron chi connectivity index (χ4n) is 4.95. The Bertz CT molecular complexity index is 1420. The van der Waals surface area contributed by atoms with Gasteiger partial charge in [0.1, 0.15) is 19.3 Å². The number of carbonyl (C=O) groups is 2. The number of alkyl carbamates (subject to hydrolysis) is 1. The summed E-state index contributed by atoms with van der Waals surface area (Å²) >= 11 is 0. The van der Waals surface area contributed by atoms with Crippen LogP contribution in [-0.4, -0.2) is 31.8 Å². The van der Waals surface area contributed by atoms with E-state index in [-0.39, 0.29) is 31.8 Å². The SMILES string of the molecule is C=CCOC(=O)N[C@@H](Cc1ccc(B2OC(c3ccccc3)CC(c3ccccc3)O2)cc1)C(=O)OCc1ccccc1. The predicted molar refractivity (Wildman–Crippen MR) is 165 cm³/mol. The van der Waals surface area contributed by atoms with Gasteiger partial charge in [0.2, 0.25) is 0 Å². The molecule has 0 aromatic heterocycles. The second-order valence-corrected chi connectivity index (χ2v) is 10.3. The molecular weight excluding hydrogens is 541 g/mol. The molecule has 7 nitrogen and oxygen atoms in total. The van der Waals surface area contributed by atoms with E-state index in [1.54, 1.807) is 0 Å². The summed E-state index contributed by atoms with van der Waals surface area (Å²) in [5.74, 6) is -0.557. The van der Waals surface area contributed by atoms with Crippen molar-refractivity contribution in [3.8, 4) is 0 Å². The van der Waals surface area contributed by atoms with Crippen LogP contribution in [0, 0.1) is 0 Å². The fraction of sp³-hybridized carbons (Fsp3) is 0.200. The molecule has 0 bridgehead atoms. The molecule has 1 saturated heterocycles. The third-order valence-electron chi connectivity index (χ3n) is 7.17. The first kappa shape index (κ1) is 29.8. The topological polar surface area (TPSA) is 83.1 Å². The van der Waals surface area contributed by atoms with Gasteiger partial charge in [-0.2, -0.15) is 0 Å². The van der Waals surface area contributed by atoms with E-state index < -0.39 is 25.2 Å². The molecule has 1 fully saturated rings. The van der Waals surface area contributed by atoms with E-state index >= 15 is 0 Å². The van der Waals surface area contributed by atoms with Crippen molar-refractivity contribution in [3.05, 3.63) is 150 Å². The summed E-state index contributed by atoms with van der Waals surface area (Å²) < 4.78 is 23.5. The first-order valence-electron chi connectivity index (χ1n) is 14.3. The number of hydrogen-bond acceptors (Lipinski definition) is 6. The first-order valence-corrected chi connectivity index (χ1v) is 14.3. The first-order chi connectivity index (χ1) is 21.1. The van der Waals surface area contributed by atoms with Gasteiger partial charge >= 0.3 is 19.2 Å². The van der Waals surface area contributed by atoms with Gasteiger partial charge in [-0.25, -0.2) is 9.59 Å². The molecule has 5 rings (SSSR count). The lowest BCUT2D eigenvalue weighted by atomic mass is 9.75. The molecule has 0 spiro atoms. The molecule has 218 valence electrons. The van der Waals surface area contributed by atoms with Crippen molar-refractivity contribution in [2.45, 2.75) is 37.7 Å². The van der Waals surface area contributed by atoms with Crippen LogP contribution in [0.15, 0.2) is 128 Å². The Morgan fingerprint density at radius 3 is 1.91 bits per heavy atom. The number of benzene rings is 4. The highest BCUT2D eigenvalue weighted by molar-refractivity contribution is 6.61. The number of ether oxygens (including phenoxy) is 2. The van der Waals surface area contributed by atoms with Crippen molar-refractivity contribution in [1.82, 2.24) is 5.32 Å². The number of hydrogen-bond donors (Lipinski definition) is 1. The average molecular weight is 575 g/mol. The van der Waals surface area contributed by atoms with Gasteiger partial charge in [-0.15, -0.1) is 0 Å². The lowest BCUT2D eigenvalue weighted by Gasteiger charge is -2.35. The summed E-state index contributed by atoms with van der Waals surface area (Å²) in [6.07, 6.45) is 1.37. The lowest BCUT2D eigenvalue weighted by Crippen LogP contribution is -2.44. The van der Waals surface area contributed by atoms with E-state index in [2.05, 4.69) is 36.2 Å². The normalized spacial score (nSPS) is 17.0. The van der Waals surface area contributed by atoms with Crippen LogP contribution in [0.1, 0.15) is 40.9 Å². The number of amides is 1. The molecule has 0 saturated carbocycles. The quantitative estimate of drug-likeness (QED) is 0.137. The Kier molecular flexibility index (Phi) is 10.4. The highest BCUT2D eigenvalue weighted by Crippen LogP contribution is 2.37. The zero-order valence-corrected chi connectivity index (χ0v) is 23.8. The van der Waals surface area contributed by atoms with Gasteiger partial charge in [0, 0.05) is 12.8 Å². The Morgan fingerprint density at radius 2 is 1.35 bits per heavy atom. The molecule has 4 aromatic carbocycles. The average Bonchev–Trinajstić information content (AvgIpc) is 3.07. The van der Waals surface area contributed by atoms with Crippen molar-refractivity contribution >= 4 is 24.6 Å². The molecule has 1 aliphatic heterocycles. The zero-order valence-electron chi connectivity index (χ0n) is 23.8. The molecule has 1 heterocycles. The minimum atomic E-state index is -0.945. The van der Waals surface area contributed by atoms with Gasteiger partial charge in [0.15, 0.2) is 0 Å². The van der Waals surface area contributed by atoms with Crippen LogP contribution < -0.4 is 10.8 Å². The van der Waals surface area contributed by atoms with Crippen molar-refractivity contribution in [1.29, 1.82) is 0 Å². The summed E-state index contributed by atoms with van der Waals surface area (Å²) in [7, 11) is -0.586. The van der Waals surface area contributed by atoms with Crippen LogP contribution in [0.2, 0.25) is 0 Å². The highest BCUT2D eigenvalue weighted by Gasteiger charge is 2.37. The minimum Gasteiger partial charge on any atom is -0.459 e. The fourth-order valence-corrected chi connectivity index (χ4v) is 4.95. The van der Waals surface area contributed by atoms with E-state index in [1.807, 2.05) is 91.0 Å². The Balaban J connectivity index is 1.30. The monoisotopic (exact) mass is 575 g/mol. The van der Waals surface area contributed by atoms with Gasteiger partial charge in [0.05, 0.1) is 12.2 Å². The second-order valence-electron chi connectivity index (χ2n) is 10.3. The van der Waals surface area contributed by atoms with E-state index in [1.165, 1.54) is 6.08 Å². The molecule has 1 aliphatic rings. The van der Waals surface area contributed by atoms with Gasteiger partial charge in [0.25, 0.3) is 0 Å². The van der Waals surface area contributed by atoms with Gasteiger partial charge in [-0.3, -0.25) is 0 Å². The van der Waals surface area contributed by atoms with Crippen molar-refractivity contribution in [2.75, 3.05) is 6.61 Å². The lowest BCUT2D eigenvalue weighted by molar-refractivity contribution is -0.147. The summed E-state index contributed by atoms with van der Waals surface area (Å²) in [6.45, 7) is 3.68. The summed E-state index contributed by atoms with van der Waals surface area (Å²) in [5, 5.41) is 2.63. The van der Waals surface area contributed by atoms with E-state index in [0.29, 0.717) is 6.42 Å². The molecule has 0 aliphatic carbocycles. The minimum absolute atomic E-state index is 0.0294. The van der Waals surface area contributed by atoms with Crippen LogP contribution in [0.25, 0.3) is 0 Å². The van der Waals surface area contributed by atoms with Crippen molar-refractivity contribution < 1.29 is 28.4 Å². The molecule has 3 atom stereocenters. The molecule has 43 heavy (non-hydrogen) atoms. The Morgan fingerprint density at radius 1 is 0.791 bits per heavy atom. The van der Waals surface area contributed by atoms with Crippen LogP contribution in [0.5, 0.6) is 0 Å². The molecule has 0 radical (unpaired) electrons. The smallest absolute Gasteiger partial charge is 0.459 e. The second kappa shape index (κ2) is 15.0. The summed E-state index contributed by atoms with van der Waals surface area (Å²) in [4.78, 5) is 25.3. The van der Waals surface area contributed by atoms with Gasteiger partial charge in [-0.05, 0) is 27.7 Å². The van der Waals surface area contributed by atoms with E-state index in [9.17, 15) is 9.59 Å². The number of rotatable bonds is 11. The molecular formula is C35H34BNO6. The molecule has 1 amide bonds. The predicted octanol–water partition coefficient (Wildman–Crippen LogP) is 5.87. The number of nitrogens with one attached hydrogen (secondary N) is 1. The van der Waals surface area contributed by atoms with E-state index in [4.69, 9.17) is 18.8 Å². The largest absolute Gasteiger partial charge is 0.494 e. The maximum absolute atomic E-state index is 13.0. The standard InChI is InChI=1S/C35H34BNO6/c1-2-22-40-35(39)37-31(34(38)41-25-27-12-6-3-7-13-27)23-26-18-20-30(21-19-26)36-42-32(28-14-8-4-9-15-28)24-33(43-36)29-16-10-5-11-17-29/h2-21,31-33H,1,22-25H2,(H,37,39)/t31-,32?,33?/m0/s1. The van der Waals surface area contributed by atoms with Crippen LogP contribution in [0.3, 0.4) is 0 Å². The van der Waals surface area contributed by atoms with Crippen LogP contribution in [0.4, 0.5) is 4.79 Å². The summed E-state index contributed by atoms with van der Waals surface area (Å²) in [6, 6.07) is 36.4. The van der Waals surface area contributed by atoms with Crippen LogP contribution >= 0.6 is 0 Å². The Hall–Kier alpha value is -4.66. The zero-order chi connectivity index (χ0) is 29.9. The van der Waals surface area contributed by atoms with Gasteiger partial charge in [-0.1, -0.05) is 128 Å². The molecule has 8 heteroatoms.